The Kier molecular flexibility index (Phi) is 4.74. The molecule has 6 nitrogen and oxygen atoms in total. The summed E-state index contributed by atoms with van der Waals surface area (Å²) in [6.07, 6.45) is 0.490. The van der Waals surface area contributed by atoms with E-state index < -0.39 is 5.54 Å². The van der Waals surface area contributed by atoms with Crippen LogP contribution in [0.15, 0.2) is 29.4 Å². The molecule has 0 bridgehead atoms. The van der Waals surface area contributed by atoms with Crippen LogP contribution in [0.5, 0.6) is 5.75 Å². The van der Waals surface area contributed by atoms with E-state index in [4.69, 9.17) is 15.7 Å². The lowest BCUT2D eigenvalue weighted by Gasteiger charge is -2.28. The SMILES string of the molecule is CCC(C)(NC(=O)c1ccccc1OC)/C(N)=N/O. The fourth-order valence-corrected chi connectivity index (χ4v) is 1.59. The lowest BCUT2D eigenvalue weighted by Crippen LogP contribution is -2.55. The van der Waals surface area contributed by atoms with Crippen LogP contribution < -0.4 is 15.8 Å². The minimum atomic E-state index is -0.910. The quantitative estimate of drug-likeness (QED) is 0.324. The lowest BCUT2D eigenvalue weighted by molar-refractivity contribution is 0.0922. The monoisotopic (exact) mass is 265 g/mol. The Bertz CT molecular complexity index is 488. The maximum absolute atomic E-state index is 12.2. The van der Waals surface area contributed by atoms with Crippen LogP contribution in [0.1, 0.15) is 30.6 Å². The van der Waals surface area contributed by atoms with Crippen LogP contribution in [-0.2, 0) is 0 Å². The van der Waals surface area contributed by atoms with E-state index in [-0.39, 0.29) is 11.7 Å². The second-order valence-corrected chi connectivity index (χ2v) is 4.33. The van der Waals surface area contributed by atoms with Crippen LogP contribution in [-0.4, -0.2) is 29.6 Å². The van der Waals surface area contributed by atoms with E-state index in [0.717, 1.165) is 0 Å². The number of amidine groups is 1. The predicted octanol–water partition coefficient (Wildman–Crippen LogP) is 1.34. The van der Waals surface area contributed by atoms with E-state index in [1.807, 2.05) is 6.92 Å². The first-order chi connectivity index (χ1) is 8.98. The molecule has 6 heteroatoms. The van der Waals surface area contributed by atoms with Crippen molar-refractivity contribution in [1.82, 2.24) is 5.32 Å². The van der Waals surface area contributed by atoms with Crippen LogP contribution >= 0.6 is 0 Å². The zero-order valence-corrected chi connectivity index (χ0v) is 11.3. The summed E-state index contributed by atoms with van der Waals surface area (Å²) in [5, 5.41) is 14.5. The van der Waals surface area contributed by atoms with Crippen molar-refractivity contribution in [1.29, 1.82) is 0 Å². The number of benzene rings is 1. The number of nitrogens with one attached hydrogen (secondary N) is 1. The number of carbonyl (C=O) groups excluding carboxylic acids is 1. The van der Waals surface area contributed by atoms with Gasteiger partial charge in [0, 0.05) is 0 Å². The Labute approximate surface area is 112 Å². The van der Waals surface area contributed by atoms with Gasteiger partial charge in [0.15, 0.2) is 5.84 Å². The van der Waals surface area contributed by atoms with Gasteiger partial charge in [0.2, 0.25) is 0 Å². The predicted molar refractivity (Wildman–Crippen MR) is 72.6 cm³/mol. The molecule has 0 saturated heterocycles. The molecule has 0 aliphatic rings. The first-order valence-electron chi connectivity index (χ1n) is 5.92. The molecule has 0 aliphatic carbocycles. The van der Waals surface area contributed by atoms with Gasteiger partial charge in [-0.2, -0.15) is 0 Å². The van der Waals surface area contributed by atoms with Gasteiger partial charge < -0.3 is 21.0 Å². The summed E-state index contributed by atoms with van der Waals surface area (Å²) in [6.45, 7) is 3.52. The van der Waals surface area contributed by atoms with Gasteiger partial charge in [-0.25, -0.2) is 0 Å². The van der Waals surface area contributed by atoms with E-state index in [9.17, 15) is 4.79 Å². The van der Waals surface area contributed by atoms with E-state index >= 15 is 0 Å². The third-order valence-corrected chi connectivity index (χ3v) is 3.12. The zero-order valence-electron chi connectivity index (χ0n) is 11.3. The molecule has 104 valence electrons. The molecule has 0 fully saturated rings. The molecular formula is C13H19N3O3. The molecule has 19 heavy (non-hydrogen) atoms. The van der Waals surface area contributed by atoms with Crippen molar-refractivity contribution in [3.8, 4) is 5.75 Å². The molecule has 1 rings (SSSR count). The maximum atomic E-state index is 12.2. The molecule has 0 aliphatic heterocycles. The van der Waals surface area contributed by atoms with E-state index in [2.05, 4.69) is 10.5 Å². The first kappa shape index (κ1) is 14.8. The highest BCUT2D eigenvalue weighted by Crippen LogP contribution is 2.19. The van der Waals surface area contributed by atoms with Gasteiger partial charge in [-0.3, -0.25) is 4.79 Å². The number of nitrogens with two attached hydrogens (primary N) is 1. The number of nitrogens with zero attached hydrogens (tertiary/aromatic N) is 1. The van der Waals surface area contributed by atoms with Crippen molar-refractivity contribution < 1.29 is 14.7 Å². The number of ether oxygens (including phenoxy) is 1. The summed E-state index contributed by atoms with van der Waals surface area (Å²) in [7, 11) is 1.49. The summed E-state index contributed by atoms with van der Waals surface area (Å²) in [5.41, 5.74) is 5.10. The molecule has 1 amide bonds. The van der Waals surface area contributed by atoms with Crippen molar-refractivity contribution in [2.75, 3.05) is 7.11 Å². The van der Waals surface area contributed by atoms with E-state index in [0.29, 0.717) is 17.7 Å². The maximum Gasteiger partial charge on any atom is 0.255 e. The molecule has 1 unspecified atom stereocenters. The van der Waals surface area contributed by atoms with Crippen LogP contribution in [0.2, 0.25) is 0 Å². The number of rotatable bonds is 5. The molecule has 0 saturated carbocycles. The van der Waals surface area contributed by atoms with Crippen LogP contribution in [0.3, 0.4) is 0 Å². The third kappa shape index (κ3) is 3.15. The van der Waals surface area contributed by atoms with Crippen LogP contribution in [0.25, 0.3) is 0 Å². The van der Waals surface area contributed by atoms with Crippen molar-refractivity contribution in [2.24, 2.45) is 10.9 Å². The Morgan fingerprint density at radius 2 is 2.16 bits per heavy atom. The summed E-state index contributed by atoms with van der Waals surface area (Å²) >= 11 is 0. The molecule has 0 spiro atoms. The molecule has 1 aromatic carbocycles. The average molecular weight is 265 g/mol. The number of amides is 1. The zero-order chi connectivity index (χ0) is 14.5. The highest BCUT2D eigenvalue weighted by Gasteiger charge is 2.30. The van der Waals surface area contributed by atoms with Crippen molar-refractivity contribution in [3.63, 3.8) is 0 Å². The molecule has 1 aromatic rings. The van der Waals surface area contributed by atoms with Gasteiger partial charge in [-0.15, -0.1) is 0 Å². The number of hydrogen-bond donors (Lipinski definition) is 3. The third-order valence-electron chi connectivity index (χ3n) is 3.12. The van der Waals surface area contributed by atoms with E-state index in [1.54, 1.807) is 31.2 Å². The average Bonchev–Trinajstić information content (AvgIpc) is 2.45. The molecule has 0 radical (unpaired) electrons. The van der Waals surface area contributed by atoms with Crippen molar-refractivity contribution in [3.05, 3.63) is 29.8 Å². The number of oxime groups is 1. The Hall–Kier alpha value is -2.24. The van der Waals surface area contributed by atoms with Gasteiger partial charge in [-0.05, 0) is 25.5 Å². The molecular weight excluding hydrogens is 246 g/mol. The fraction of sp³-hybridized carbons (Fsp3) is 0.385. The molecule has 0 heterocycles. The number of methoxy groups -OCH3 is 1. The summed E-state index contributed by atoms with van der Waals surface area (Å²) in [4.78, 5) is 12.2. The van der Waals surface area contributed by atoms with Crippen molar-refractivity contribution >= 4 is 11.7 Å². The van der Waals surface area contributed by atoms with Gasteiger partial charge in [-0.1, -0.05) is 24.2 Å². The second kappa shape index (κ2) is 6.08. The minimum Gasteiger partial charge on any atom is -0.496 e. The minimum absolute atomic E-state index is 0.0433. The smallest absolute Gasteiger partial charge is 0.255 e. The first-order valence-corrected chi connectivity index (χ1v) is 5.92. The molecule has 1 atom stereocenters. The standard InChI is InChI=1S/C13H19N3O3/c1-4-13(2,12(14)16-18)15-11(17)9-7-5-6-8-10(9)19-3/h5-8,18H,4H2,1-3H3,(H2,14,16)(H,15,17). The summed E-state index contributed by atoms with van der Waals surface area (Å²) in [6, 6.07) is 6.86. The highest BCUT2D eigenvalue weighted by atomic mass is 16.5. The van der Waals surface area contributed by atoms with Gasteiger partial charge in [0.25, 0.3) is 5.91 Å². The van der Waals surface area contributed by atoms with Gasteiger partial charge in [0.1, 0.15) is 5.75 Å². The normalized spacial score (nSPS) is 14.6. The number of hydrogen-bond acceptors (Lipinski definition) is 4. The number of carbonyl (C=O) groups is 1. The Morgan fingerprint density at radius 1 is 1.53 bits per heavy atom. The molecule has 0 aromatic heterocycles. The van der Waals surface area contributed by atoms with Crippen LogP contribution in [0, 0.1) is 0 Å². The topological polar surface area (TPSA) is 96.9 Å². The van der Waals surface area contributed by atoms with Crippen LogP contribution in [0.4, 0.5) is 0 Å². The van der Waals surface area contributed by atoms with E-state index in [1.165, 1.54) is 7.11 Å². The Morgan fingerprint density at radius 3 is 2.68 bits per heavy atom. The lowest BCUT2D eigenvalue weighted by atomic mass is 9.96. The van der Waals surface area contributed by atoms with Crippen molar-refractivity contribution in [2.45, 2.75) is 25.8 Å². The number of para-hydroxylation sites is 1. The fourth-order valence-electron chi connectivity index (χ4n) is 1.59. The molecule has 4 N–H and O–H groups in total. The largest absolute Gasteiger partial charge is 0.496 e. The summed E-state index contributed by atoms with van der Waals surface area (Å²) < 4.78 is 5.13. The second-order valence-electron chi connectivity index (χ2n) is 4.33. The Balaban J connectivity index is 3.02. The van der Waals surface area contributed by atoms with Gasteiger partial charge in [0.05, 0.1) is 18.2 Å². The van der Waals surface area contributed by atoms with Gasteiger partial charge >= 0.3 is 0 Å². The summed E-state index contributed by atoms with van der Waals surface area (Å²) in [5.74, 6) is 0.0876. The highest BCUT2D eigenvalue weighted by molar-refractivity contribution is 6.01.